The lowest BCUT2D eigenvalue weighted by Gasteiger charge is -2.14. The Morgan fingerprint density at radius 3 is 2.10 bits per heavy atom. The molecular formula is C14H8Br2F3NO. The second-order valence-corrected chi connectivity index (χ2v) is 5.98. The number of rotatable bonds is 2. The predicted octanol–water partition coefficient (Wildman–Crippen LogP) is 5.48. The first-order valence-corrected chi connectivity index (χ1v) is 7.29. The van der Waals surface area contributed by atoms with Crippen molar-refractivity contribution in [2.75, 3.05) is 5.32 Å². The number of alkyl halides is 3. The summed E-state index contributed by atoms with van der Waals surface area (Å²) in [6.07, 6.45) is -4.55. The van der Waals surface area contributed by atoms with Crippen LogP contribution in [0.2, 0.25) is 0 Å². The van der Waals surface area contributed by atoms with Gasteiger partial charge in [0.1, 0.15) is 0 Å². The molecule has 0 aliphatic carbocycles. The van der Waals surface area contributed by atoms with Gasteiger partial charge in [-0.15, -0.1) is 0 Å². The first-order valence-electron chi connectivity index (χ1n) is 5.71. The molecule has 0 aliphatic rings. The van der Waals surface area contributed by atoms with Crippen LogP contribution in [0, 0.1) is 0 Å². The minimum Gasteiger partial charge on any atom is -0.321 e. The molecule has 2 rings (SSSR count). The van der Waals surface area contributed by atoms with E-state index in [2.05, 4.69) is 37.2 Å². The van der Waals surface area contributed by atoms with Crippen molar-refractivity contribution >= 4 is 43.5 Å². The van der Waals surface area contributed by atoms with E-state index in [0.717, 1.165) is 10.5 Å². The zero-order chi connectivity index (χ0) is 15.6. The second-order valence-electron chi connectivity index (χ2n) is 4.15. The van der Waals surface area contributed by atoms with Gasteiger partial charge < -0.3 is 5.32 Å². The molecule has 0 fully saturated rings. The number of hydrogen-bond donors (Lipinski definition) is 1. The highest BCUT2D eigenvalue weighted by atomic mass is 79.9. The molecule has 0 spiro atoms. The van der Waals surface area contributed by atoms with Gasteiger partial charge in [0.2, 0.25) is 0 Å². The number of nitrogens with one attached hydrogen (secondary N) is 1. The van der Waals surface area contributed by atoms with Crippen LogP contribution in [0.15, 0.2) is 51.4 Å². The standard InChI is InChI=1S/C14H8Br2F3NO/c15-9-3-1-8(2-4-9)13(21)20-12-6-5-10(16)7-11(12)14(17,18)19/h1-7H,(H,20,21). The van der Waals surface area contributed by atoms with Crippen LogP contribution in [0.1, 0.15) is 15.9 Å². The largest absolute Gasteiger partial charge is 0.418 e. The van der Waals surface area contributed by atoms with Crippen molar-refractivity contribution in [3.63, 3.8) is 0 Å². The predicted molar refractivity (Wildman–Crippen MR) is 81.2 cm³/mol. The highest BCUT2D eigenvalue weighted by Gasteiger charge is 2.34. The minimum absolute atomic E-state index is 0.272. The molecule has 1 amide bonds. The van der Waals surface area contributed by atoms with Crippen LogP contribution in [0.4, 0.5) is 18.9 Å². The van der Waals surface area contributed by atoms with E-state index in [1.54, 1.807) is 12.1 Å². The van der Waals surface area contributed by atoms with Crippen molar-refractivity contribution in [2.24, 2.45) is 0 Å². The maximum absolute atomic E-state index is 13.0. The van der Waals surface area contributed by atoms with E-state index in [4.69, 9.17) is 0 Å². The molecule has 0 saturated heterocycles. The molecule has 0 bridgehead atoms. The van der Waals surface area contributed by atoms with Crippen LogP contribution in [0.3, 0.4) is 0 Å². The van der Waals surface area contributed by atoms with Crippen molar-refractivity contribution in [3.05, 3.63) is 62.5 Å². The average Bonchev–Trinajstić information content (AvgIpc) is 2.40. The Bertz CT molecular complexity index is 669. The fourth-order valence-electron chi connectivity index (χ4n) is 1.66. The van der Waals surface area contributed by atoms with Gasteiger partial charge in [-0.05, 0) is 42.5 Å². The molecule has 7 heteroatoms. The quantitative estimate of drug-likeness (QED) is 0.681. The maximum atomic E-state index is 13.0. The molecule has 21 heavy (non-hydrogen) atoms. The van der Waals surface area contributed by atoms with Gasteiger partial charge in [-0.2, -0.15) is 13.2 Å². The summed E-state index contributed by atoms with van der Waals surface area (Å²) in [6, 6.07) is 9.90. The molecule has 0 saturated carbocycles. The molecule has 0 atom stereocenters. The molecule has 2 aromatic rings. The Hall–Kier alpha value is -1.34. The van der Waals surface area contributed by atoms with E-state index < -0.39 is 17.6 Å². The molecule has 0 radical (unpaired) electrons. The highest BCUT2D eigenvalue weighted by Crippen LogP contribution is 2.36. The molecule has 2 nitrogen and oxygen atoms in total. The summed E-state index contributed by atoms with van der Waals surface area (Å²) in [5.41, 5.74) is -0.907. The van der Waals surface area contributed by atoms with Crippen LogP contribution in [-0.4, -0.2) is 5.91 Å². The maximum Gasteiger partial charge on any atom is 0.418 e. The number of carbonyl (C=O) groups is 1. The molecule has 0 aromatic heterocycles. The van der Waals surface area contributed by atoms with Gasteiger partial charge >= 0.3 is 6.18 Å². The van der Waals surface area contributed by atoms with Gasteiger partial charge in [-0.1, -0.05) is 31.9 Å². The fraction of sp³-hybridized carbons (Fsp3) is 0.0714. The summed E-state index contributed by atoms with van der Waals surface area (Å²) in [5.74, 6) is -0.602. The zero-order valence-corrected chi connectivity index (χ0v) is 13.5. The van der Waals surface area contributed by atoms with Crippen LogP contribution in [-0.2, 0) is 6.18 Å². The van der Waals surface area contributed by atoms with E-state index in [-0.39, 0.29) is 15.7 Å². The number of halogens is 5. The zero-order valence-electron chi connectivity index (χ0n) is 10.3. The van der Waals surface area contributed by atoms with E-state index in [1.165, 1.54) is 24.3 Å². The Kier molecular flexibility index (Phi) is 4.73. The second kappa shape index (κ2) is 6.19. The van der Waals surface area contributed by atoms with Crippen LogP contribution < -0.4 is 5.32 Å². The third-order valence-electron chi connectivity index (χ3n) is 2.64. The Morgan fingerprint density at radius 1 is 0.952 bits per heavy atom. The monoisotopic (exact) mass is 421 g/mol. The lowest BCUT2D eigenvalue weighted by molar-refractivity contribution is -0.136. The SMILES string of the molecule is O=C(Nc1ccc(Br)cc1C(F)(F)F)c1ccc(Br)cc1. The number of benzene rings is 2. The van der Waals surface area contributed by atoms with Crippen molar-refractivity contribution in [2.45, 2.75) is 6.18 Å². The molecule has 0 aliphatic heterocycles. The molecule has 0 unspecified atom stereocenters. The van der Waals surface area contributed by atoms with Crippen molar-refractivity contribution in [3.8, 4) is 0 Å². The summed E-state index contributed by atoms with van der Waals surface area (Å²) >= 11 is 6.21. The van der Waals surface area contributed by atoms with Crippen LogP contribution >= 0.6 is 31.9 Å². The minimum atomic E-state index is -4.55. The molecule has 1 N–H and O–H groups in total. The summed E-state index contributed by atoms with van der Waals surface area (Å²) in [7, 11) is 0. The van der Waals surface area contributed by atoms with Gasteiger partial charge in [-0.25, -0.2) is 0 Å². The van der Waals surface area contributed by atoms with Crippen molar-refractivity contribution in [1.29, 1.82) is 0 Å². The Labute approximate surface area is 135 Å². The number of anilines is 1. The number of hydrogen-bond acceptors (Lipinski definition) is 1. The average molecular weight is 423 g/mol. The molecule has 110 valence electrons. The molecule has 0 heterocycles. The van der Waals surface area contributed by atoms with Crippen molar-refractivity contribution in [1.82, 2.24) is 0 Å². The fourth-order valence-corrected chi connectivity index (χ4v) is 2.28. The van der Waals surface area contributed by atoms with E-state index in [9.17, 15) is 18.0 Å². The van der Waals surface area contributed by atoms with Crippen LogP contribution in [0.5, 0.6) is 0 Å². The van der Waals surface area contributed by atoms with Gasteiger partial charge in [0.05, 0.1) is 11.3 Å². The van der Waals surface area contributed by atoms with E-state index in [1.807, 2.05) is 0 Å². The highest BCUT2D eigenvalue weighted by molar-refractivity contribution is 9.10. The first-order chi connectivity index (χ1) is 9.77. The van der Waals surface area contributed by atoms with Crippen LogP contribution in [0.25, 0.3) is 0 Å². The Morgan fingerprint density at radius 2 is 1.52 bits per heavy atom. The van der Waals surface area contributed by atoms with Crippen molar-refractivity contribution < 1.29 is 18.0 Å². The van der Waals surface area contributed by atoms with Gasteiger partial charge in [0.15, 0.2) is 0 Å². The number of carbonyl (C=O) groups excluding carboxylic acids is 1. The topological polar surface area (TPSA) is 29.1 Å². The lowest BCUT2D eigenvalue weighted by Crippen LogP contribution is -2.16. The summed E-state index contributed by atoms with van der Waals surface area (Å²) in [6.45, 7) is 0. The third kappa shape index (κ3) is 4.07. The summed E-state index contributed by atoms with van der Waals surface area (Å²) in [4.78, 5) is 12.0. The van der Waals surface area contributed by atoms with Gasteiger partial charge in [-0.3, -0.25) is 4.79 Å². The normalized spacial score (nSPS) is 11.3. The molecular weight excluding hydrogens is 415 g/mol. The van der Waals surface area contributed by atoms with E-state index >= 15 is 0 Å². The summed E-state index contributed by atoms with van der Waals surface area (Å²) < 4.78 is 39.9. The molecule has 2 aromatic carbocycles. The third-order valence-corrected chi connectivity index (χ3v) is 3.66. The van der Waals surface area contributed by atoms with Gasteiger partial charge in [0.25, 0.3) is 5.91 Å². The first kappa shape index (κ1) is 16.0. The smallest absolute Gasteiger partial charge is 0.321 e. The lowest BCUT2D eigenvalue weighted by atomic mass is 10.1. The Balaban J connectivity index is 2.31. The number of amides is 1. The van der Waals surface area contributed by atoms with Gasteiger partial charge in [0, 0.05) is 14.5 Å². The summed E-state index contributed by atoms with van der Waals surface area (Å²) in [5, 5.41) is 2.28. The van der Waals surface area contributed by atoms with E-state index in [0.29, 0.717) is 0 Å².